The molecule has 0 radical (unpaired) electrons. The van der Waals surface area contributed by atoms with Crippen LogP contribution in [0.3, 0.4) is 0 Å². The molecule has 4 aromatic rings. The first-order valence-corrected chi connectivity index (χ1v) is 12.2. The highest BCUT2D eigenvalue weighted by Gasteiger charge is 2.41. The number of aromatic amines is 1. The van der Waals surface area contributed by atoms with Gasteiger partial charge in [0.05, 0.1) is 17.2 Å². The quantitative estimate of drug-likeness (QED) is 0.272. The van der Waals surface area contributed by atoms with Gasteiger partial charge < -0.3 is 9.47 Å². The molecule has 5 rings (SSSR count). The lowest BCUT2D eigenvalue weighted by molar-refractivity contribution is 0.0500. The zero-order valence-corrected chi connectivity index (χ0v) is 21.5. The Morgan fingerprint density at radius 1 is 0.971 bits per heavy atom. The lowest BCUT2D eigenvalue weighted by Gasteiger charge is -2.35. The van der Waals surface area contributed by atoms with Crippen LogP contribution in [-0.4, -0.2) is 22.8 Å². The SMILES string of the molecule is CCOC(=O)c1[nH]nc2c1C(C)(C)Oc1c-2ccc(-c2ccccc2Cl)c1-c1ccc(Cl)cc1Cl. The zero-order chi connectivity index (χ0) is 24.9. The number of fused-ring (bicyclic) bond motifs is 3. The van der Waals surface area contributed by atoms with Crippen molar-refractivity contribution in [2.45, 2.75) is 26.4 Å². The third kappa shape index (κ3) is 3.98. The second kappa shape index (κ2) is 8.90. The number of carbonyl (C=O) groups excluding carboxylic acids is 1. The zero-order valence-electron chi connectivity index (χ0n) is 19.2. The maximum Gasteiger partial charge on any atom is 0.356 e. The number of hydrogen-bond acceptors (Lipinski definition) is 4. The molecule has 5 nitrogen and oxygen atoms in total. The van der Waals surface area contributed by atoms with Crippen molar-refractivity contribution in [1.29, 1.82) is 0 Å². The number of aromatic nitrogens is 2. The van der Waals surface area contributed by atoms with Gasteiger partial charge in [-0.05, 0) is 50.6 Å². The summed E-state index contributed by atoms with van der Waals surface area (Å²) in [7, 11) is 0. The molecule has 0 aliphatic carbocycles. The third-order valence-corrected chi connectivity index (χ3v) is 6.86. The van der Waals surface area contributed by atoms with Crippen molar-refractivity contribution in [3.63, 3.8) is 0 Å². The number of esters is 1. The Bertz CT molecular complexity index is 1480. The second-order valence-corrected chi connectivity index (χ2v) is 9.87. The van der Waals surface area contributed by atoms with E-state index in [0.717, 1.165) is 27.8 Å². The minimum atomic E-state index is -0.899. The Morgan fingerprint density at radius 3 is 2.40 bits per heavy atom. The summed E-state index contributed by atoms with van der Waals surface area (Å²) in [4.78, 5) is 12.6. The van der Waals surface area contributed by atoms with E-state index in [4.69, 9.17) is 44.3 Å². The molecule has 35 heavy (non-hydrogen) atoms. The van der Waals surface area contributed by atoms with Crippen molar-refractivity contribution >= 4 is 40.8 Å². The Labute approximate surface area is 217 Å². The predicted molar refractivity (Wildman–Crippen MR) is 140 cm³/mol. The predicted octanol–water partition coefficient (Wildman–Crippen LogP) is 8.18. The highest BCUT2D eigenvalue weighted by Crippen LogP contribution is 2.54. The lowest BCUT2D eigenvalue weighted by atomic mass is 9.84. The van der Waals surface area contributed by atoms with Gasteiger partial charge in [-0.3, -0.25) is 5.10 Å². The van der Waals surface area contributed by atoms with E-state index in [0.29, 0.717) is 32.1 Å². The molecule has 0 bridgehead atoms. The maximum atomic E-state index is 12.6. The third-order valence-electron chi connectivity index (χ3n) is 5.98. The molecular weight excluding hydrogens is 507 g/mol. The second-order valence-electron chi connectivity index (χ2n) is 8.62. The average molecular weight is 528 g/mol. The molecule has 0 fully saturated rings. The van der Waals surface area contributed by atoms with Gasteiger partial charge >= 0.3 is 5.97 Å². The Kier molecular flexibility index (Phi) is 6.04. The van der Waals surface area contributed by atoms with Crippen LogP contribution >= 0.6 is 34.8 Å². The fourth-order valence-corrected chi connectivity index (χ4v) is 5.26. The molecule has 1 aliphatic rings. The van der Waals surface area contributed by atoms with Crippen LogP contribution in [0.25, 0.3) is 33.5 Å². The summed E-state index contributed by atoms with van der Waals surface area (Å²) in [6.45, 7) is 5.80. The van der Waals surface area contributed by atoms with E-state index in [1.807, 2.05) is 56.3 Å². The number of nitrogens with zero attached hydrogens (tertiary/aromatic N) is 1. The summed E-state index contributed by atoms with van der Waals surface area (Å²) >= 11 is 19.5. The molecule has 178 valence electrons. The van der Waals surface area contributed by atoms with Crippen molar-refractivity contribution in [3.05, 3.63) is 80.9 Å². The Morgan fingerprint density at radius 2 is 1.69 bits per heavy atom. The van der Waals surface area contributed by atoms with Crippen LogP contribution in [0.15, 0.2) is 54.6 Å². The number of nitrogens with one attached hydrogen (secondary N) is 1. The first kappa shape index (κ1) is 23.7. The molecule has 8 heteroatoms. The number of halogens is 3. The molecule has 1 N–H and O–H groups in total. The van der Waals surface area contributed by atoms with Gasteiger partial charge in [0.15, 0.2) is 5.69 Å². The first-order valence-electron chi connectivity index (χ1n) is 11.1. The smallest absolute Gasteiger partial charge is 0.356 e. The lowest BCUT2D eigenvalue weighted by Crippen LogP contribution is -2.31. The van der Waals surface area contributed by atoms with Crippen LogP contribution < -0.4 is 4.74 Å². The van der Waals surface area contributed by atoms with Gasteiger partial charge in [0.25, 0.3) is 0 Å². The standard InChI is InChI=1S/C27H21Cl3N2O3/c1-4-34-26(33)24-22-23(31-32-24)18-12-11-16(15-7-5-6-8-19(15)29)21(25(18)35-27(22,2)3)17-10-9-14(28)13-20(17)30/h5-13H,4H2,1-3H3,(H,31,32). The molecule has 0 saturated carbocycles. The Hall–Kier alpha value is -2.99. The van der Waals surface area contributed by atoms with Crippen LogP contribution in [0.5, 0.6) is 5.75 Å². The van der Waals surface area contributed by atoms with Gasteiger partial charge in [-0.2, -0.15) is 5.10 Å². The van der Waals surface area contributed by atoms with Crippen LogP contribution in [0, 0.1) is 0 Å². The minimum absolute atomic E-state index is 0.255. The number of carbonyl (C=O) groups is 1. The summed E-state index contributed by atoms with van der Waals surface area (Å²) in [6.07, 6.45) is 0. The van der Waals surface area contributed by atoms with Crippen molar-refractivity contribution < 1.29 is 14.3 Å². The van der Waals surface area contributed by atoms with Gasteiger partial charge in [-0.15, -0.1) is 0 Å². The van der Waals surface area contributed by atoms with Crippen molar-refractivity contribution in [3.8, 4) is 39.3 Å². The van der Waals surface area contributed by atoms with E-state index >= 15 is 0 Å². The molecule has 1 aromatic heterocycles. The monoisotopic (exact) mass is 526 g/mol. The number of rotatable bonds is 4. The number of hydrogen-bond donors (Lipinski definition) is 1. The van der Waals surface area contributed by atoms with Crippen molar-refractivity contribution in [1.82, 2.24) is 10.2 Å². The van der Waals surface area contributed by atoms with Crippen LogP contribution in [0.2, 0.25) is 15.1 Å². The minimum Gasteiger partial charge on any atom is -0.482 e. The molecule has 0 unspecified atom stereocenters. The van der Waals surface area contributed by atoms with Crippen LogP contribution in [0.4, 0.5) is 0 Å². The van der Waals surface area contributed by atoms with E-state index in [9.17, 15) is 4.79 Å². The van der Waals surface area contributed by atoms with E-state index in [-0.39, 0.29) is 12.3 Å². The molecule has 0 saturated heterocycles. The van der Waals surface area contributed by atoms with Crippen LogP contribution in [-0.2, 0) is 10.3 Å². The van der Waals surface area contributed by atoms with Gasteiger partial charge in [-0.1, -0.05) is 65.1 Å². The topological polar surface area (TPSA) is 64.2 Å². The molecular formula is C27H21Cl3N2O3. The Balaban J connectivity index is 1.84. The highest BCUT2D eigenvalue weighted by molar-refractivity contribution is 6.37. The van der Waals surface area contributed by atoms with Crippen LogP contribution in [0.1, 0.15) is 36.8 Å². The number of H-pyrrole nitrogens is 1. The fourth-order valence-electron chi connectivity index (χ4n) is 4.52. The van der Waals surface area contributed by atoms with Gasteiger partial charge in [-0.25, -0.2) is 4.79 Å². The van der Waals surface area contributed by atoms with E-state index in [2.05, 4.69) is 10.2 Å². The number of benzene rings is 3. The molecule has 0 spiro atoms. The van der Waals surface area contributed by atoms with Crippen molar-refractivity contribution in [2.24, 2.45) is 0 Å². The van der Waals surface area contributed by atoms with E-state index in [1.54, 1.807) is 19.1 Å². The largest absolute Gasteiger partial charge is 0.482 e. The average Bonchev–Trinajstić information content (AvgIpc) is 3.26. The first-order chi connectivity index (χ1) is 16.7. The summed E-state index contributed by atoms with van der Waals surface area (Å²) in [6, 6.07) is 16.8. The molecule has 2 heterocycles. The molecule has 0 atom stereocenters. The number of ether oxygens (including phenoxy) is 2. The molecule has 0 amide bonds. The molecule has 1 aliphatic heterocycles. The van der Waals surface area contributed by atoms with Gasteiger partial charge in [0, 0.05) is 32.3 Å². The van der Waals surface area contributed by atoms with Crippen molar-refractivity contribution in [2.75, 3.05) is 6.61 Å². The summed E-state index contributed by atoms with van der Waals surface area (Å²) < 4.78 is 11.9. The van der Waals surface area contributed by atoms with E-state index < -0.39 is 11.6 Å². The summed E-state index contributed by atoms with van der Waals surface area (Å²) in [5.74, 6) is 0.112. The maximum absolute atomic E-state index is 12.6. The fraction of sp³-hybridized carbons (Fsp3) is 0.185. The van der Waals surface area contributed by atoms with Gasteiger partial charge in [0.2, 0.25) is 0 Å². The summed E-state index contributed by atoms with van der Waals surface area (Å²) in [5.41, 5.74) is 4.54. The highest BCUT2D eigenvalue weighted by atomic mass is 35.5. The normalized spacial score (nSPS) is 13.5. The van der Waals surface area contributed by atoms with E-state index in [1.165, 1.54) is 0 Å². The van der Waals surface area contributed by atoms with Gasteiger partial charge in [0.1, 0.15) is 17.0 Å². The summed E-state index contributed by atoms with van der Waals surface area (Å²) in [5, 5.41) is 8.96. The molecule has 3 aromatic carbocycles.